The van der Waals surface area contributed by atoms with Gasteiger partial charge in [-0.3, -0.25) is 4.79 Å². The number of aromatic nitrogens is 5. The third kappa shape index (κ3) is 4.24. The quantitative estimate of drug-likeness (QED) is 0.591. The number of thioether (sulfide) groups is 1. The number of nitrogens with two attached hydrogens (primary N) is 1. The van der Waals surface area contributed by atoms with Crippen LogP contribution in [-0.2, 0) is 11.0 Å². The summed E-state index contributed by atoms with van der Waals surface area (Å²) in [6, 6.07) is 1.74. The van der Waals surface area contributed by atoms with E-state index in [1.807, 2.05) is 13.8 Å². The minimum Gasteiger partial charge on any atom is -0.335 e. The standard InChI is InChI=1S/C13H18F3N7OS/c1-4-7(2)23-9(5-6-18-23)19-10(24)8(3)25-12-21-20-11(22(12)17)13(14,15)16/h5-8H,4,17H2,1-3H3,(H,19,24)/t7-,8+/m0/s1. The van der Waals surface area contributed by atoms with Gasteiger partial charge in [-0.05, 0) is 20.3 Å². The highest BCUT2D eigenvalue weighted by molar-refractivity contribution is 8.00. The molecule has 1 amide bonds. The van der Waals surface area contributed by atoms with Crippen molar-refractivity contribution in [2.24, 2.45) is 0 Å². The summed E-state index contributed by atoms with van der Waals surface area (Å²) in [6.07, 6.45) is -2.33. The lowest BCUT2D eigenvalue weighted by atomic mass is 10.3. The molecule has 25 heavy (non-hydrogen) atoms. The third-order valence-electron chi connectivity index (χ3n) is 3.50. The van der Waals surface area contributed by atoms with Crippen molar-refractivity contribution in [2.75, 3.05) is 11.2 Å². The molecule has 0 aliphatic carbocycles. The molecule has 2 atom stereocenters. The van der Waals surface area contributed by atoms with Crippen LogP contribution >= 0.6 is 11.8 Å². The highest BCUT2D eigenvalue weighted by Crippen LogP contribution is 2.30. The maximum Gasteiger partial charge on any atom is 0.453 e. The fourth-order valence-electron chi connectivity index (χ4n) is 1.93. The van der Waals surface area contributed by atoms with Crippen LogP contribution in [0.3, 0.4) is 0 Å². The highest BCUT2D eigenvalue weighted by Gasteiger charge is 2.38. The van der Waals surface area contributed by atoms with E-state index in [4.69, 9.17) is 5.84 Å². The molecule has 12 heteroatoms. The number of anilines is 1. The van der Waals surface area contributed by atoms with E-state index in [0.717, 1.165) is 18.2 Å². The van der Waals surface area contributed by atoms with E-state index in [1.54, 1.807) is 16.9 Å². The van der Waals surface area contributed by atoms with Crippen molar-refractivity contribution in [1.29, 1.82) is 0 Å². The predicted molar refractivity (Wildman–Crippen MR) is 86.4 cm³/mol. The molecule has 138 valence electrons. The maximum absolute atomic E-state index is 12.7. The van der Waals surface area contributed by atoms with Crippen LogP contribution in [0.25, 0.3) is 0 Å². The molecule has 0 fully saturated rings. The van der Waals surface area contributed by atoms with E-state index in [-0.39, 0.29) is 11.2 Å². The van der Waals surface area contributed by atoms with Crippen molar-refractivity contribution in [1.82, 2.24) is 24.7 Å². The molecule has 2 heterocycles. The Morgan fingerprint density at radius 3 is 2.64 bits per heavy atom. The van der Waals surface area contributed by atoms with E-state index < -0.39 is 23.2 Å². The zero-order valence-corrected chi connectivity index (χ0v) is 14.6. The van der Waals surface area contributed by atoms with Gasteiger partial charge in [0.1, 0.15) is 5.82 Å². The molecule has 0 saturated heterocycles. The summed E-state index contributed by atoms with van der Waals surface area (Å²) in [5.74, 6) is 4.14. The van der Waals surface area contributed by atoms with E-state index in [9.17, 15) is 18.0 Å². The normalized spacial score (nSPS) is 14.3. The number of hydrogen-bond acceptors (Lipinski definition) is 6. The fourth-order valence-corrected chi connectivity index (χ4v) is 2.70. The van der Waals surface area contributed by atoms with Crippen molar-refractivity contribution >= 4 is 23.5 Å². The average Bonchev–Trinajstić information content (AvgIpc) is 3.13. The first kappa shape index (κ1) is 19.1. The molecule has 0 aromatic carbocycles. The SMILES string of the molecule is CC[C@H](C)n1nccc1NC(=O)[C@@H](C)Sc1nnc(C(F)(F)F)n1N. The minimum atomic E-state index is -4.71. The lowest BCUT2D eigenvalue weighted by molar-refractivity contribution is -0.146. The Balaban J connectivity index is 2.07. The molecule has 0 bridgehead atoms. The number of alkyl halides is 3. The molecule has 8 nitrogen and oxygen atoms in total. The molecule has 0 radical (unpaired) electrons. The number of nitrogen functional groups attached to an aromatic ring is 1. The lowest BCUT2D eigenvalue weighted by Crippen LogP contribution is -2.26. The Kier molecular flexibility index (Phi) is 5.60. The third-order valence-corrected chi connectivity index (χ3v) is 4.56. The Labute approximate surface area is 145 Å². The molecule has 0 saturated carbocycles. The molecule has 0 aliphatic rings. The van der Waals surface area contributed by atoms with Gasteiger partial charge in [0, 0.05) is 6.07 Å². The summed E-state index contributed by atoms with van der Waals surface area (Å²) < 4.78 is 40.0. The van der Waals surface area contributed by atoms with Gasteiger partial charge in [-0.15, -0.1) is 10.2 Å². The number of nitrogens with one attached hydrogen (secondary N) is 1. The van der Waals surface area contributed by atoms with Crippen LogP contribution in [0.4, 0.5) is 19.0 Å². The van der Waals surface area contributed by atoms with Gasteiger partial charge in [0.25, 0.3) is 5.82 Å². The number of carbonyl (C=O) groups excluding carboxylic acids is 1. The molecule has 2 rings (SSSR count). The van der Waals surface area contributed by atoms with Crippen molar-refractivity contribution < 1.29 is 18.0 Å². The second-order valence-corrected chi connectivity index (χ2v) is 6.65. The number of carbonyl (C=O) groups is 1. The number of amides is 1. The number of halogens is 3. The van der Waals surface area contributed by atoms with Crippen LogP contribution < -0.4 is 11.2 Å². The van der Waals surface area contributed by atoms with Crippen molar-refractivity contribution in [3.05, 3.63) is 18.1 Å². The average molecular weight is 377 g/mol. The summed E-state index contributed by atoms with van der Waals surface area (Å²) in [5.41, 5.74) is 0. The van der Waals surface area contributed by atoms with Gasteiger partial charge < -0.3 is 11.2 Å². The summed E-state index contributed by atoms with van der Waals surface area (Å²) in [4.78, 5) is 12.3. The number of hydrogen-bond donors (Lipinski definition) is 2. The van der Waals surface area contributed by atoms with Crippen LogP contribution in [0.2, 0.25) is 0 Å². The van der Waals surface area contributed by atoms with Gasteiger partial charge in [0.2, 0.25) is 11.1 Å². The van der Waals surface area contributed by atoms with E-state index in [0.29, 0.717) is 10.5 Å². The molecular weight excluding hydrogens is 359 g/mol. The number of nitrogens with zero attached hydrogens (tertiary/aromatic N) is 5. The first-order valence-corrected chi connectivity index (χ1v) is 8.31. The van der Waals surface area contributed by atoms with Crippen LogP contribution in [0, 0.1) is 0 Å². The number of rotatable bonds is 6. The highest BCUT2D eigenvalue weighted by atomic mass is 32.2. The van der Waals surface area contributed by atoms with E-state index in [2.05, 4.69) is 20.6 Å². The Morgan fingerprint density at radius 1 is 1.40 bits per heavy atom. The van der Waals surface area contributed by atoms with Crippen LogP contribution in [0.1, 0.15) is 39.1 Å². The smallest absolute Gasteiger partial charge is 0.335 e. The minimum absolute atomic E-state index is 0.0924. The van der Waals surface area contributed by atoms with Gasteiger partial charge in [-0.1, -0.05) is 18.7 Å². The van der Waals surface area contributed by atoms with Gasteiger partial charge in [0.15, 0.2) is 0 Å². The summed E-state index contributed by atoms with van der Waals surface area (Å²) in [5, 5.41) is 12.3. The second-order valence-electron chi connectivity index (χ2n) is 5.34. The summed E-state index contributed by atoms with van der Waals surface area (Å²) in [7, 11) is 0. The fraction of sp³-hybridized carbons (Fsp3) is 0.538. The first-order valence-electron chi connectivity index (χ1n) is 7.43. The molecule has 0 unspecified atom stereocenters. The molecule has 2 aromatic rings. The Morgan fingerprint density at radius 2 is 2.08 bits per heavy atom. The topological polar surface area (TPSA) is 104 Å². The molecular formula is C13H18F3N7OS. The van der Waals surface area contributed by atoms with Crippen molar-refractivity contribution in [3.63, 3.8) is 0 Å². The van der Waals surface area contributed by atoms with Crippen LogP contribution in [0.5, 0.6) is 0 Å². The zero-order chi connectivity index (χ0) is 18.8. The molecule has 0 spiro atoms. The summed E-state index contributed by atoms with van der Waals surface area (Å²) in [6.45, 7) is 5.48. The zero-order valence-electron chi connectivity index (χ0n) is 13.8. The van der Waals surface area contributed by atoms with E-state index in [1.165, 1.54) is 6.92 Å². The monoisotopic (exact) mass is 377 g/mol. The largest absolute Gasteiger partial charge is 0.453 e. The molecule has 0 aliphatic heterocycles. The van der Waals surface area contributed by atoms with Gasteiger partial charge in [-0.2, -0.15) is 18.3 Å². The predicted octanol–water partition coefficient (Wildman–Crippen LogP) is 2.30. The van der Waals surface area contributed by atoms with E-state index >= 15 is 0 Å². The van der Waals surface area contributed by atoms with Gasteiger partial charge in [0.05, 0.1) is 17.5 Å². The second kappa shape index (κ2) is 7.33. The summed E-state index contributed by atoms with van der Waals surface area (Å²) >= 11 is 0.780. The van der Waals surface area contributed by atoms with Crippen molar-refractivity contribution in [2.45, 2.75) is 49.8 Å². The van der Waals surface area contributed by atoms with Gasteiger partial charge in [-0.25, -0.2) is 9.36 Å². The first-order chi connectivity index (χ1) is 11.6. The van der Waals surface area contributed by atoms with Crippen LogP contribution in [0.15, 0.2) is 17.4 Å². The molecule has 3 N–H and O–H groups in total. The Bertz CT molecular complexity index is 742. The lowest BCUT2D eigenvalue weighted by Gasteiger charge is -2.16. The van der Waals surface area contributed by atoms with Crippen molar-refractivity contribution in [3.8, 4) is 0 Å². The van der Waals surface area contributed by atoms with Gasteiger partial charge >= 0.3 is 6.18 Å². The Hall–Kier alpha value is -2.24. The maximum atomic E-state index is 12.7. The van der Waals surface area contributed by atoms with Crippen LogP contribution in [-0.4, -0.2) is 35.8 Å². The molecule has 2 aromatic heterocycles.